The molecule has 2 atom stereocenters. The van der Waals surface area contributed by atoms with E-state index in [1.165, 1.54) is 11.1 Å². The van der Waals surface area contributed by atoms with Gasteiger partial charge in [-0.1, -0.05) is 48.9 Å². The molecule has 23 heavy (non-hydrogen) atoms. The summed E-state index contributed by atoms with van der Waals surface area (Å²) in [6, 6.07) is 10.9. The van der Waals surface area contributed by atoms with Gasteiger partial charge in [0.1, 0.15) is 0 Å². The normalized spacial score (nSPS) is 18.0. The third kappa shape index (κ3) is 5.71. The van der Waals surface area contributed by atoms with Gasteiger partial charge in [0.25, 0.3) is 0 Å². The summed E-state index contributed by atoms with van der Waals surface area (Å²) in [6.07, 6.45) is 4.29. The van der Waals surface area contributed by atoms with Crippen LogP contribution in [0.25, 0.3) is 0 Å². The van der Waals surface area contributed by atoms with Crippen LogP contribution in [0.1, 0.15) is 38.2 Å². The lowest BCUT2D eigenvalue weighted by Crippen LogP contribution is -2.44. The lowest BCUT2D eigenvalue weighted by atomic mass is 9.94. The molecular formula is C19H29N3O. The van der Waals surface area contributed by atoms with E-state index in [4.69, 9.17) is 4.74 Å². The van der Waals surface area contributed by atoms with Gasteiger partial charge in [0, 0.05) is 25.6 Å². The lowest BCUT2D eigenvalue weighted by Gasteiger charge is -2.24. The van der Waals surface area contributed by atoms with Crippen molar-refractivity contribution in [1.82, 2.24) is 10.6 Å². The summed E-state index contributed by atoms with van der Waals surface area (Å²) >= 11 is 0. The number of nitrogens with one attached hydrogen (secondary N) is 2. The molecular weight excluding hydrogens is 286 g/mol. The molecule has 126 valence electrons. The van der Waals surface area contributed by atoms with Gasteiger partial charge in [0.05, 0.1) is 13.2 Å². The third-order valence-corrected chi connectivity index (χ3v) is 4.46. The molecule has 4 heteroatoms. The molecule has 0 saturated carbocycles. The fraction of sp³-hybridized carbons (Fsp3) is 0.526. The number of ether oxygens (including phenoxy) is 1. The van der Waals surface area contributed by atoms with Crippen LogP contribution in [0, 0.1) is 0 Å². The van der Waals surface area contributed by atoms with E-state index in [0.717, 1.165) is 38.6 Å². The fourth-order valence-corrected chi connectivity index (χ4v) is 2.71. The van der Waals surface area contributed by atoms with Gasteiger partial charge in [-0.3, -0.25) is 4.99 Å². The highest BCUT2D eigenvalue weighted by atomic mass is 16.5. The Kier molecular flexibility index (Phi) is 7.14. The number of guanidine groups is 1. The third-order valence-electron chi connectivity index (χ3n) is 4.46. The molecule has 1 aromatic carbocycles. The van der Waals surface area contributed by atoms with Gasteiger partial charge in [0.2, 0.25) is 0 Å². The number of hydrogen-bond acceptors (Lipinski definition) is 2. The molecule has 0 amide bonds. The van der Waals surface area contributed by atoms with Crippen molar-refractivity contribution in [2.45, 2.75) is 38.6 Å². The molecule has 0 spiro atoms. The molecule has 2 N–H and O–H groups in total. The maximum atomic E-state index is 5.34. The fourth-order valence-electron chi connectivity index (χ4n) is 2.71. The van der Waals surface area contributed by atoms with Crippen LogP contribution in [-0.2, 0) is 4.74 Å². The Morgan fingerprint density at radius 1 is 1.26 bits per heavy atom. The zero-order chi connectivity index (χ0) is 16.5. The van der Waals surface area contributed by atoms with Gasteiger partial charge in [-0.2, -0.15) is 0 Å². The van der Waals surface area contributed by atoms with E-state index < -0.39 is 0 Å². The first kappa shape index (κ1) is 17.5. The van der Waals surface area contributed by atoms with E-state index >= 15 is 0 Å². The monoisotopic (exact) mass is 315 g/mol. The smallest absolute Gasteiger partial charge is 0.191 e. The van der Waals surface area contributed by atoms with Crippen molar-refractivity contribution in [1.29, 1.82) is 0 Å². The second-order valence-corrected chi connectivity index (χ2v) is 6.07. The van der Waals surface area contributed by atoms with Crippen LogP contribution in [0.2, 0.25) is 0 Å². The Morgan fingerprint density at radius 3 is 2.70 bits per heavy atom. The predicted molar refractivity (Wildman–Crippen MR) is 97.0 cm³/mol. The van der Waals surface area contributed by atoms with E-state index in [9.17, 15) is 0 Å². The summed E-state index contributed by atoms with van der Waals surface area (Å²) < 4.78 is 5.34. The highest BCUT2D eigenvalue weighted by molar-refractivity contribution is 5.80. The molecule has 0 aromatic heterocycles. The molecule has 1 aliphatic heterocycles. The largest absolute Gasteiger partial charge is 0.377 e. The van der Waals surface area contributed by atoms with Gasteiger partial charge in [-0.15, -0.1) is 0 Å². The summed E-state index contributed by atoms with van der Waals surface area (Å²) in [5.74, 6) is 1.29. The van der Waals surface area contributed by atoms with Gasteiger partial charge < -0.3 is 15.4 Å². The molecule has 1 aliphatic rings. The summed E-state index contributed by atoms with van der Waals surface area (Å²) in [4.78, 5) is 4.34. The van der Waals surface area contributed by atoms with Crippen molar-refractivity contribution in [3.05, 3.63) is 47.5 Å². The minimum atomic E-state index is 0.311. The highest BCUT2D eigenvalue weighted by Crippen LogP contribution is 2.18. The molecule has 1 aromatic rings. The Balaban J connectivity index is 1.78. The van der Waals surface area contributed by atoms with Crippen LogP contribution >= 0.6 is 0 Å². The van der Waals surface area contributed by atoms with Crippen LogP contribution in [-0.4, -0.2) is 38.8 Å². The van der Waals surface area contributed by atoms with E-state index in [2.05, 4.69) is 65.9 Å². The average Bonchev–Trinajstić information content (AvgIpc) is 2.61. The number of nitrogens with zero attached hydrogens (tertiary/aromatic N) is 1. The number of hydrogen-bond donors (Lipinski definition) is 2. The van der Waals surface area contributed by atoms with Gasteiger partial charge in [-0.05, 0) is 25.3 Å². The van der Waals surface area contributed by atoms with Crippen LogP contribution in [0.5, 0.6) is 0 Å². The standard InChI is InChI=1S/C19H29N3O/c1-15(18-7-5-4-6-8-18)16(2)22-19(20-3)21-12-9-17-10-13-23-14-11-17/h4-8,10,15-16H,9,11-14H2,1-3H3,(H2,20,21,22). The van der Waals surface area contributed by atoms with E-state index in [-0.39, 0.29) is 0 Å². The molecule has 0 aliphatic carbocycles. The second-order valence-electron chi connectivity index (χ2n) is 6.07. The molecule has 0 fully saturated rings. The van der Waals surface area contributed by atoms with Crippen LogP contribution in [0.15, 0.2) is 47.0 Å². The van der Waals surface area contributed by atoms with Crippen LogP contribution in [0.4, 0.5) is 0 Å². The van der Waals surface area contributed by atoms with Crippen molar-refractivity contribution in [3.8, 4) is 0 Å². The van der Waals surface area contributed by atoms with Crippen molar-refractivity contribution >= 4 is 5.96 Å². The number of rotatable bonds is 6. The number of aliphatic imine (C=N–C) groups is 1. The van der Waals surface area contributed by atoms with Crippen LogP contribution in [0.3, 0.4) is 0 Å². The van der Waals surface area contributed by atoms with Crippen molar-refractivity contribution in [3.63, 3.8) is 0 Å². The van der Waals surface area contributed by atoms with Gasteiger partial charge in [0.15, 0.2) is 5.96 Å². The van der Waals surface area contributed by atoms with Crippen molar-refractivity contribution in [2.24, 2.45) is 4.99 Å². The maximum absolute atomic E-state index is 5.34. The summed E-state index contributed by atoms with van der Waals surface area (Å²) in [5, 5.41) is 6.91. The molecule has 1 heterocycles. The highest BCUT2D eigenvalue weighted by Gasteiger charge is 2.15. The molecule has 2 unspecified atom stereocenters. The average molecular weight is 315 g/mol. The number of benzene rings is 1. The van der Waals surface area contributed by atoms with E-state index in [1.807, 2.05) is 7.05 Å². The molecule has 0 radical (unpaired) electrons. The van der Waals surface area contributed by atoms with Crippen LogP contribution < -0.4 is 10.6 Å². The second kappa shape index (κ2) is 9.36. The summed E-state index contributed by atoms with van der Waals surface area (Å²) in [7, 11) is 1.82. The molecule has 2 rings (SSSR count). The van der Waals surface area contributed by atoms with Gasteiger partial charge >= 0.3 is 0 Å². The minimum Gasteiger partial charge on any atom is -0.377 e. The minimum absolute atomic E-state index is 0.311. The predicted octanol–water partition coefficient (Wildman–Crippen LogP) is 3.08. The van der Waals surface area contributed by atoms with Crippen molar-refractivity contribution < 1.29 is 4.74 Å². The lowest BCUT2D eigenvalue weighted by molar-refractivity contribution is 0.153. The first-order valence-electron chi connectivity index (χ1n) is 8.48. The maximum Gasteiger partial charge on any atom is 0.191 e. The SMILES string of the molecule is CN=C(NCCC1=CCOCC1)NC(C)C(C)c1ccccc1. The zero-order valence-electron chi connectivity index (χ0n) is 14.5. The summed E-state index contributed by atoms with van der Waals surface area (Å²) in [5.41, 5.74) is 2.82. The quantitative estimate of drug-likeness (QED) is 0.482. The molecule has 0 bridgehead atoms. The van der Waals surface area contributed by atoms with E-state index in [0.29, 0.717) is 12.0 Å². The Hall–Kier alpha value is -1.81. The summed E-state index contributed by atoms with van der Waals surface area (Å²) in [6.45, 7) is 6.95. The first-order chi connectivity index (χ1) is 11.2. The molecule has 0 saturated heterocycles. The Bertz CT molecular complexity index is 525. The topological polar surface area (TPSA) is 45.7 Å². The zero-order valence-corrected chi connectivity index (χ0v) is 14.5. The van der Waals surface area contributed by atoms with Gasteiger partial charge in [-0.25, -0.2) is 0 Å². The Morgan fingerprint density at radius 2 is 2.04 bits per heavy atom. The molecule has 4 nitrogen and oxygen atoms in total. The Labute approximate surface area is 140 Å². The van der Waals surface area contributed by atoms with E-state index in [1.54, 1.807) is 0 Å². The first-order valence-corrected chi connectivity index (χ1v) is 8.48. The van der Waals surface area contributed by atoms with Crippen molar-refractivity contribution in [2.75, 3.05) is 26.8 Å².